The average molecular weight is 312 g/mol. The summed E-state index contributed by atoms with van der Waals surface area (Å²) in [5.74, 6) is 0.544. The molecular weight excluding hydrogens is 301 g/mol. The minimum atomic E-state index is 0.274. The van der Waals surface area contributed by atoms with Gasteiger partial charge in [0.05, 0.1) is 21.3 Å². The summed E-state index contributed by atoms with van der Waals surface area (Å²) < 4.78 is 0. The summed E-state index contributed by atoms with van der Waals surface area (Å²) in [6.45, 7) is 1.91. The first-order valence-corrected chi connectivity index (χ1v) is 6.63. The number of para-hydroxylation sites is 1. The molecule has 0 radical (unpaired) electrons. The first-order valence-electron chi connectivity index (χ1n) is 5.47. The van der Waals surface area contributed by atoms with Gasteiger partial charge in [0.25, 0.3) is 0 Å². The summed E-state index contributed by atoms with van der Waals surface area (Å²) in [5, 5.41) is 4.10. The van der Waals surface area contributed by atoms with Gasteiger partial charge in [0.1, 0.15) is 10.8 Å². The molecule has 0 fully saturated rings. The second kappa shape index (κ2) is 5.74. The standard InChI is InChI=1S/C13H11Cl2N3S/c1-7-5-6-17-13(10(7)12(16)19)18-11-8(14)3-2-4-9(11)15/h2-6H,1H3,(H2,16,19)(H,17,18). The topological polar surface area (TPSA) is 50.9 Å². The second-order valence-corrected chi connectivity index (χ2v) is 5.19. The van der Waals surface area contributed by atoms with Gasteiger partial charge in [0.2, 0.25) is 0 Å². The fraction of sp³-hybridized carbons (Fsp3) is 0.0769. The van der Waals surface area contributed by atoms with Crippen molar-refractivity contribution in [1.82, 2.24) is 4.98 Å². The number of nitrogens with zero attached hydrogens (tertiary/aromatic N) is 1. The Kier molecular flexibility index (Phi) is 4.24. The van der Waals surface area contributed by atoms with Crippen LogP contribution >= 0.6 is 35.4 Å². The van der Waals surface area contributed by atoms with Crippen molar-refractivity contribution in [3.8, 4) is 0 Å². The van der Waals surface area contributed by atoms with Crippen molar-refractivity contribution in [1.29, 1.82) is 0 Å². The van der Waals surface area contributed by atoms with E-state index in [-0.39, 0.29) is 4.99 Å². The Balaban J connectivity index is 2.50. The molecule has 19 heavy (non-hydrogen) atoms. The van der Waals surface area contributed by atoms with E-state index in [1.807, 2.05) is 13.0 Å². The fourth-order valence-corrected chi connectivity index (χ4v) is 2.45. The maximum atomic E-state index is 6.11. The predicted molar refractivity (Wildman–Crippen MR) is 84.6 cm³/mol. The van der Waals surface area contributed by atoms with Crippen LogP contribution in [0.1, 0.15) is 11.1 Å². The van der Waals surface area contributed by atoms with E-state index in [9.17, 15) is 0 Å². The molecule has 0 amide bonds. The van der Waals surface area contributed by atoms with E-state index >= 15 is 0 Å². The van der Waals surface area contributed by atoms with E-state index in [1.54, 1.807) is 24.4 Å². The van der Waals surface area contributed by atoms with Crippen molar-refractivity contribution in [3.63, 3.8) is 0 Å². The van der Waals surface area contributed by atoms with Gasteiger partial charge in [-0.1, -0.05) is 41.5 Å². The van der Waals surface area contributed by atoms with Crippen molar-refractivity contribution >= 4 is 51.9 Å². The lowest BCUT2D eigenvalue weighted by Gasteiger charge is -2.14. The van der Waals surface area contributed by atoms with Crippen LogP contribution in [0, 0.1) is 6.92 Å². The molecule has 0 saturated carbocycles. The number of aryl methyl sites for hydroxylation is 1. The van der Waals surface area contributed by atoms with Gasteiger partial charge in [-0.05, 0) is 30.7 Å². The quantitative estimate of drug-likeness (QED) is 0.839. The Bertz CT molecular complexity index is 624. The number of benzene rings is 1. The van der Waals surface area contributed by atoms with Gasteiger partial charge in [0, 0.05) is 6.20 Å². The number of hydrogen-bond acceptors (Lipinski definition) is 3. The molecule has 3 nitrogen and oxygen atoms in total. The molecular formula is C13H11Cl2N3S. The number of pyridine rings is 1. The highest BCUT2D eigenvalue weighted by Crippen LogP contribution is 2.33. The van der Waals surface area contributed by atoms with Crippen LogP contribution in [-0.2, 0) is 0 Å². The van der Waals surface area contributed by atoms with Gasteiger partial charge in [-0.3, -0.25) is 0 Å². The minimum Gasteiger partial charge on any atom is -0.389 e. The third kappa shape index (κ3) is 2.97. The van der Waals surface area contributed by atoms with Gasteiger partial charge in [-0.25, -0.2) is 4.98 Å². The van der Waals surface area contributed by atoms with Crippen LogP contribution < -0.4 is 11.1 Å². The molecule has 3 N–H and O–H groups in total. The highest BCUT2D eigenvalue weighted by molar-refractivity contribution is 7.80. The lowest BCUT2D eigenvalue weighted by Crippen LogP contribution is -2.15. The normalized spacial score (nSPS) is 10.3. The number of nitrogens with two attached hydrogens (primary N) is 1. The predicted octanol–water partition coefficient (Wildman–Crippen LogP) is 4.07. The van der Waals surface area contributed by atoms with Crippen LogP contribution in [0.3, 0.4) is 0 Å². The molecule has 2 rings (SSSR count). The SMILES string of the molecule is Cc1ccnc(Nc2c(Cl)cccc2Cl)c1C(N)=S. The smallest absolute Gasteiger partial charge is 0.140 e. The Morgan fingerprint density at radius 1 is 1.26 bits per heavy atom. The first kappa shape index (κ1) is 14.1. The molecule has 0 aliphatic rings. The first-order chi connectivity index (χ1) is 9.00. The minimum absolute atomic E-state index is 0.274. The molecule has 1 aromatic heterocycles. The Morgan fingerprint density at radius 3 is 2.47 bits per heavy atom. The van der Waals surface area contributed by atoms with Crippen molar-refractivity contribution in [2.45, 2.75) is 6.92 Å². The summed E-state index contributed by atoms with van der Waals surface area (Å²) in [7, 11) is 0. The summed E-state index contributed by atoms with van der Waals surface area (Å²) in [4.78, 5) is 4.52. The van der Waals surface area contributed by atoms with Gasteiger partial charge in [-0.2, -0.15) is 0 Å². The molecule has 0 saturated heterocycles. The van der Waals surface area contributed by atoms with E-state index in [2.05, 4.69) is 10.3 Å². The highest BCUT2D eigenvalue weighted by atomic mass is 35.5. The van der Waals surface area contributed by atoms with E-state index in [0.717, 1.165) is 5.56 Å². The van der Waals surface area contributed by atoms with Gasteiger partial charge in [0.15, 0.2) is 0 Å². The van der Waals surface area contributed by atoms with Gasteiger partial charge < -0.3 is 11.1 Å². The molecule has 0 spiro atoms. The summed E-state index contributed by atoms with van der Waals surface area (Å²) >= 11 is 17.3. The maximum absolute atomic E-state index is 6.11. The molecule has 2 aromatic rings. The highest BCUT2D eigenvalue weighted by Gasteiger charge is 2.13. The van der Waals surface area contributed by atoms with Crippen LogP contribution in [0.5, 0.6) is 0 Å². The Hall–Kier alpha value is -1.36. The number of aromatic nitrogens is 1. The maximum Gasteiger partial charge on any atom is 0.140 e. The van der Waals surface area contributed by atoms with Crippen molar-refractivity contribution in [3.05, 3.63) is 51.6 Å². The van der Waals surface area contributed by atoms with E-state index < -0.39 is 0 Å². The van der Waals surface area contributed by atoms with E-state index in [0.29, 0.717) is 27.1 Å². The number of rotatable bonds is 3. The number of hydrogen-bond donors (Lipinski definition) is 2. The average Bonchev–Trinajstić information content (AvgIpc) is 2.33. The van der Waals surface area contributed by atoms with Crippen LogP contribution in [0.15, 0.2) is 30.5 Å². The molecule has 0 atom stereocenters. The van der Waals surface area contributed by atoms with Crippen molar-refractivity contribution in [2.75, 3.05) is 5.32 Å². The second-order valence-electron chi connectivity index (χ2n) is 3.94. The Labute approximate surface area is 126 Å². The van der Waals surface area contributed by atoms with E-state index in [1.165, 1.54) is 0 Å². The fourth-order valence-electron chi connectivity index (χ4n) is 1.70. The summed E-state index contributed by atoms with van der Waals surface area (Å²) in [5.41, 5.74) is 7.94. The molecule has 0 bridgehead atoms. The van der Waals surface area contributed by atoms with Crippen molar-refractivity contribution < 1.29 is 0 Å². The zero-order valence-corrected chi connectivity index (χ0v) is 12.4. The third-order valence-electron chi connectivity index (χ3n) is 2.61. The van der Waals surface area contributed by atoms with Crippen molar-refractivity contribution in [2.24, 2.45) is 5.73 Å². The largest absolute Gasteiger partial charge is 0.389 e. The lowest BCUT2D eigenvalue weighted by atomic mass is 10.1. The summed E-state index contributed by atoms with van der Waals surface area (Å²) in [6.07, 6.45) is 1.67. The Morgan fingerprint density at radius 2 is 1.89 bits per heavy atom. The molecule has 0 unspecified atom stereocenters. The number of thiocarbonyl (C=S) groups is 1. The van der Waals surface area contributed by atoms with Gasteiger partial charge in [-0.15, -0.1) is 0 Å². The van der Waals surface area contributed by atoms with Crippen LogP contribution in [-0.4, -0.2) is 9.97 Å². The third-order valence-corrected chi connectivity index (χ3v) is 3.45. The monoisotopic (exact) mass is 311 g/mol. The van der Waals surface area contributed by atoms with Crippen LogP contribution in [0.25, 0.3) is 0 Å². The molecule has 0 aliphatic carbocycles. The molecule has 6 heteroatoms. The number of anilines is 2. The molecule has 1 aromatic carbocycles. The zero-order valence-electron chi connectivity index (χ0n) is 10.1. The molecule has 1 heterocycles. The lowest BCUT2D eigenvalue weighted by molar-refractivity contribution is 1.26. The molecule has 98 valence electrons. The van der Waals surface area contributed by atoms with E-state index in [4.69, 9.17) is 41.2 Å². The van der Waals surface area contributed by atoms with Crippen LogP contribution in [0.2, 0.25) is 10.0 Å². The zero-order chi connectivity index (χ0) is 14.0. The number of nitrogens with one attached hydrogen (secondary N) is 1. The van der Waals surface area contributed by atoms with Gasteiger partial charge >= 0.3 is 0 Å². The number of halogens is 2. The van der Waals surface area contributed by atoms with Crippen LogP contribution in [0.4, 0.5) is 11.5 Å². The molecule has 0 aliphatic heterocycles. The summed E-state index contributed by atoms with van der Waals surface area (Å²) in [6, 6.07) is 7.10.